The molecule has 3 nitrogen and oxygen atoms in total. The molecule has 0 aliphatic carbocycles. The van der Waals surface area contributed by atoms with Gasteiger partial charge in [-0.2, -0.15) is 0 Å². The first-order valence-corrected chi connectivity index (χ1v) is 5.59. The number of nitrogens with zero attached hydrogens (tertiary/aromatic N) is 1. The number of hydrogen-bond donors (Lipinski definition) is 0. The molecular formula is C11H16BNO2. The SMILES string of the molecule is CC1(C)COC2(CCB(C#N)CC2)C1=O. The maximum absolute atomic E-state index is 12.2. The molecule has 2 saturated heterocycles. The normalized spacial score (nSPS) is 28.1. The molecule has 2 rings (SSSR count). The number of carbonyl (C=O) groups is 1. The lowest BCUT2D eigenvalue weighted by atomic mass is 9.41. The van der Waals surface area contributed by atoms with Crippen LogP contribution < -0.4 is 0 Å². The molecule has 2 aliphatic rings. The van der Waals surface area contributed by atoms with E-state index in [-0.39, 0.29) is 17.9 Å². The van der Waals surface area contributed by atoms with Crippen LogP contribution >= 0.6 is 0 Å². The van der Waals surface area contributed by atoms with Crippen LogP contribution in [0.25, 0.3) is 0 Å². The summed E-state index contributed by atoms with van der Waals surface area (Å²) in [5.41, 5.74) is -0.879. The number of Topliss-reactive ketones (excluding diaryl/α,β-unsaturated/α-hetero) is 1. The van der Waals surface area contributed by atoms with Gasteiger partial charge in [-0.1, -0.05) is 26.5 Å². The molecule has 0 aromatic rings. The second kappa shape index (κ2) is 3.35. The van der Waals surface area contributed by atoms with Gasteiger partial charge >= 0.3 is 0 Å². The Hall–Kier alpha value is -0.815. The minimum atomic E-state index is -0.545. The number of ketones is 1. The van der Waals surface area contributed by atoms with Crippen molar-refractivity contribution in [3.63, 3.8) is 0 Å². The van der Waals surface area contributed by atoms with Gasteiger partial charge in [0.05, 0.1) is 6.61 Å². The quantitative estimate of drug-likeness (QED) is 0.565. The summed E-state index contributed by atoms with van der Waals surface area (Å²) in [6.07, 6.45) is 3.07. The molecule has 0 saturated carbocycles. The predicted molar refractivity (Wildman–Crippen MR) is 57.7 cm³/mol. The highest BCUT2D eigenvalue weighted by Gasteiger charge is 2.54. The van der Waals surface area contributed by atoms with E-state index in [4.69, 9.17) is 10.00 Å². The zero-order valence-electron chi connectivity index (χ0n) is 9.38. The molecule has 15 heavy (non-hydrogen) atoms. The molecule has 0 aromatic heterocycles. The largest absolute Gasteiger partial charge is 0.366 e. The summed E-state index contributed by atoms with van der Waals surface area (Å²) >= 11 is 0. The Morgan fingerprint density at radius 2 is 2.00 bits per heavy atom. The molecule has 2 aliphatic heterocycles. The second-order valence-electron chi connectivity index (χ2n) is 5.40. The van der Waals surface area contributed by atoms with E-state index in [0.717, 1.165) is 25.5 Å². The van der Waals surface area contributed by atoms with Crippen molar-refractivity contribution in [2.75, 3.05) is 6.61 Å². The Morgan fingerprint density at radius 3 is 2.40 bits per heavy atom. The number of carbonyl (C=O) groups excluding carboxylic acids is 1. The van der Waals surface area contributed by atoms with E-state index in [0.29, 0.717) is 6.61 Å². The molecule has 0 bridgehead atoms. The van der Waals surface area contributed by atoms with Gasteiger partial charge in [-0.05, 0) is 12.8 Å². The first-order chi connectivity index (χ1) is 7.00. The van der Waals surface area contributed by atoms with Crippen LogP contribution in [0.3, 0.4) is 0 Å². The van der Waals surface area contributed by atoms with E-state index in [1.54, 1.807) is 0 Å². The van der Waals surface area contributed by atoms with Gasteiger partial charge in [0.1, 0.15) is 5.60 Å². The number of rotatable bonds is 0. The van der Waals surface area contributed by atoms with E-state index in [1.165, 1.54) is 0 Å². The van der Waals surface area contributed by atoms with Crippen molar-refractivity contribution in [1.82, 2.24) is 0 Å². The third kappa shape index (κ3) is 1.59. The standard InChI is InChI=1S/C11H16BNO2/c1-10(2)7-15-11(9(10)14)3-5-12(8-13)6-4-11/h3-7H2,1-2H3. The Balaban J connectivity index is 2.12. The molecule has 0 radical (unpaired) electrons. The maximum Gasteiger partial charge on any atom is 0.268 e. The minimum Gasteiger partial charge on any atom is -0.366 e. The van der Waals surface area contributed by atoms with E-state index in [9.17, 15) is 4.79 Å². The highest BCUT2D eigenvalue weighted by Crippen LogP contribution is 2.44. The Kier molecular flexibility index (Phi) is 2.39. The average molecular weight is 205 g/mol. The van der Waals surface area contributed by atoms with Crippen LogP contribution in [-0.2, 0) is 9.53 Å². The van der Waals surface area contributed by atoms with Gasteiger partial charge in [0.2, 0.25) is 0 Å². The van der Waals surface area contributed by atoms with Crippen LogP contribution in [0.4, 0.5) is 0 Å². The van der Waals surface area contributed by atoms with Gasteiger partial charge < -0.3 is 4.74 Å². The van der Waals surface area contributed by atoms with Gasteiger partial charge in [0, 0.05) is 11.4 Å². The van der Waals surface area contributed by atoms with Crippen molar-refractivity contribution in [2.45, 2.75) is 44.9 Å². The molecule has 2 fully saturated rings. The highest BCUT2D eigenvalue weighted by molar-refractivity contribution is 6.67. The van der Waals surface area contributed by atoms with Crippen LogP contribution in [0.2, 0.25) is 12.6 Å². The molecule has 2 heterocycles. The third-order valence-electron chi connectivity index (χ3n) is 3.71. The summed E-state index contributed by atoms with van der Waals surface area (Å²) in [5.74, 6) is 2.52. The van der Waals surface area contributed by atoms with Gasteiger partial charge in [0.15, 0.2) is 5.78 Å². The van der Waals surface area contributed by atoms with E-state index >= 15 is 0 Å². The maximum atomic E-state index is 12.2. The van der Waals surface area contributed by atoms with Crippen LogP contribution in [0.1, 0.15) is 26.7 Å². The summed E-state index contributed by atoms with van der Waals surface area (Å²) < 4.78 is 5.74. The summed E-state index contributed by atoms with van der Waals surface area (Å²) in [5, 5.41) is 8.82. The molecule has 0 amide bonds. The van der Waals surface area contributed by atoms with Crippen LogP contribution in [0, 0.1) is 16.6 Å². The zero-order chi connectivity index (χ0) is 11.1. The van der Waals surface area contributed by atoms with Crippen molar-refractivity contribution in [3.05, 3.63) is 0 Å². The van der Waals surface area contributed by atoms with Crippen molar-refractivity contribution in [3.8, 4) is 5.97 Å². The fraction of sp³-hybridized carbons (Fsp3) is 0.818. The Morgan fingerprint density at radius 1 is 1.40 bits per heavy atom. The number of ether oxygens (including phenoxy) is 1. The fourth-order valence-corrected chi connectivity index (χ4v) is 2.65. The highest BCUT2D eigenvalue weighted by atomic mass is 16.5. The fourth-order valence-electron chi connectivity index (χ4n) is 2.65. The third-order valence-corrected chi connectivity index (χ3v) is 3.71. The van der Waals surface area contributed by atoms with E-state index in [1.807, 2.05) is 13.8 Å². The minimum absolute atomic E-state index is 0.121. The van der Waals surface area contributed by atoms with Crippen molar-refractivity contribution in [2.24, 2.45) is 5.41 Å². The van der Waals surface area contributed by atoms with Gasteiger partial charge in [0.25, 0.3) is 6.71 Å². The Bertz CT molecular complexity index is 324. The molecule has 0 atom stereocenters. The zero-order valence-corrected chi connectivity index (χ0v) is 9.38. The van der Waals surface area contributed by atoms with Crippen molar-refractivity contribution < 1.29 is 9.53 Å². The van der Waals surface area contributed by atoms with Crippen LogP contribution in [0.5, 0.6) is 0 Å². The number of hydrogen-bond acceptors (Lipinski definition) is 3. The molecule has 0 N–H and O–H groups in total. The van der Waals surface area contributed by atoms with Crippen LogP contribution in [0.15, 0.2) is 0 Å². The van der Waals surface area contributed by atoms with Crippen molar-refractivity contribution >= 4 is 12.5 Å². The summed E-state index contributed by atoms with van der Waals surface area (Å²) in [7, 11) is 0. The monoisotopic (exact) mass is 205 g/mol. The van der Waals surface area contributed by atoms with Crippen molar-refractivity contribution in [1.29, 1.82) is 5.26 Å². The lowest BCUT2D eigenvalue weighted by Gasteiger charge is -2.32. The molecule has 80 valence electrons. The molecule has 0 unspecified atom stereocenters. The number of nitriles is 1. The summed E-state index contributed by atoms with van der Waals surface area (Å²) in [6.45, 7) is 4.54. The summed E-state index contributed by atoms with van der Waals surface area (Å²) in [6, 6.07) is 0. The average Bonchev–Trinajstić information content (AvgIpc) is 2.45. The van der Waals surface area contributed by atoms with Gasteiger partial charge in [-0.3, -0.25) is 4.79 Å². The first kappa shape index (κ1) is 10.7. The lowest BCUT2D eigenvalue weighted by molar-refractivity contribution is -0.135. The molecule has 0 aromatic carbocycles. The predicted octanol–water partition coefficient (Wildman–Crippen LogP) is 1.70. The van der Waals surface area contributed by atoms with E-state index in [2.05, 4.69) is 5.97 Å². The molecule has 1 spiro atoms. The topological polar surface area (TPSA) is 50.1 Å². The molecule has 4 heteroatoms. The van der Waals surface area contributed by atoms with Gasteiger partial charge in [-0.15, -0.1) is 0 Å². The summed E-state index contributed by atoms with van der Waals surface area (Å²) in [4.78, 5) is 12.2. The van der Waals surface area contributed by atoms with E-state index < -0.39 is 5.60 Å². The lowest BCUT2D eigenvalue weighted by Crippen LogP contribution is -2.44. The molecular weight excluding hydrogens is 189 g/mol. The first-order valence-electron chi connectivity index (χ1n) is 5.59. The smallest absolute Gasteiger partial charge is 0.268 e. The Labute approximate surface area is 90.9 Å². The van der Waals surface area contributed by atoms with Gasteiger partial charge in [-0.25, -0.2) is 5.26 Å². The second-order valence-corrected chi connectivity index (χ2v) is 5.40. The van der Waals surface area contributed by atoms with Crippen LogP contribution in [-0.4, -0.2) is 24.7 Å².